The number of ether oxygens (including phenoxy) is 2. The van der Waals surface area contributed by atoms with Gasteiger partial charge < -0.3 is 14.8 Å². The fourth-order valence-electron chi connectivity index (χ4n) is 2.94. The third-order valence-electron chi connectivity index (χ3n) is 4.57. The Hall–Kier alpha value is -3.34. The molecule has 0 bridgehead atoms. The molecule has 2 aromatic carbocycles. The standard InChI is InChI=1S/C25H28N2O3/c1-5-15-29-20-9-11-21(12-10-20)30-22-8-6-7-19(16-22)27-25(28)23-13-14-24(17(2)3)26-18(23)4/h6-14,16-17H,5,15H2,1-4H3,(H,27,28). The first-order chi connectivity index (χ1) is 14.5. The first-order valence-corrected chi connectivity index (χ1v) is 10.3. The molecule has 0 unspecified atom stereocenters. The second kappa shape index (κ2) is 9.92. The zero-order valence-electron chi connectivity index (χ0n) is 17.9. The molecule has 0 aliphatic rings. The van der Waals surface area contributed by atoms with E-state index in [1.807, 2.05) is 61.5 Å². The smallest absolute Gasteiger partial charge is 0.257 e. The number of anilines is 1. The summed E-state index contributed by atoms with van der Waals surface area (Å²) >= 11 is 0. The summed E-state index contributed by atoms with van der Waals surface area (Å²) in [4.78, 5) is 17.2. The van der Waals surface area contributed by atoms with Gasteiger partial charge in [-0.05, 0) is 67.8 Å². The lowest BCUT2D eigenvalue weighted by Crippen LogP contribution is -2.14. The maximum absolute atomic E-state index is 12.7. The fraction of sp³-hybridized carbons (Fsp3) is 0.280. The third kappa shape index (κ3) is 5.60. The average Bonchev–Trinajstić information content (AvgIpc) is 2.73. The largest absolute Gasteiger partial charge is 0.494 e. The number of hydrogen-bond donors (Lipinski definition) is 1. The molecular formula is C25H28N2O3. The highest BCUT2D eigenvalue weighted by Crippen LogP contribution is 2.26. The maximum Gasteiger partial charge on any atom is 0.257 e. The minimum Gasteiger partial charge on any atom is -0.494 e. The molecular weight excluding hydrogens is 376 g/mol. The molecule has 0 fully saturated rings. The quantitative estimate of drug-likeness (QED) is 0.475. The summed E-state index contributed by atoms with van der Waals surface area (Å²) in [6, 6.07) is 18.5. The van der Waals surface area contributed by atoms with Crippen LogP contribution in [0.25, 0.3) is 0 Å². The maximum atomic E-state index is 12.7. The van der Waals surface area contributed by atoms with E-state index in [1.54, 1.807) is 6.07 Å². The Bertz CT molecular complexity index is 998. The van der Waals surface area contributed by atoms with Gasteiger partial charge >= 0.3 is 0 Å². The van der Waals surface area contributed by atoms with Crippen LogP contribution in [-0.2, 0) is 0 Å². The van der Waals surface area contributed by atoms with Crippen LogP contribution in [0.15, 0.2) is 60.7 Å². The van der Waals surface area contributed by atoms with Gasteiger partial charge in [0, 0.05) is 17.4 Å². The van der Waals surface area contributed by atoms with Crippen molar-refractivity contribution in [1.29, 1.82) is 0 Å². The van der Waals surface area contributed by atoms with Gasteiger partial charge in [-0.2, -0.15) is 0 Å². The van der Waals surface area contributed by atoms with Gasteiger partial charge in [0.1, 0.15) is 17.2 Å². The van der Waals surface area contributed by atoms with Gasteiger partial charge in [-0.15, -0.1) is 0 Å². The molecule has 0 saturated carbocycles. The molecule has 0 radical (unpaired) electrons. The van der Waals surface area contributed by atoms with E-state index < -0.39 is 0 Å². The molecule has 156 valence electrons. The van der Waals surface area contributed by atoms with Crippen LogP contribution in [0, 0.1) is 6.92 Å². The van der Waals surface area contributed by atoms with Crippen LogP contribution in [0.3, 0.4) is 0 Å². The molecule has 3 rings (SSSR count). The van der Waals surface area contributed by atoms with E-state index in [0.717, 1.165) is 23.6 Å². The van der Waals surface area contributed by atoms with Crippen molar-refractivity contribution in [2.75, 3.05) is 11.9 Å². The second-order valence-electron chi connectivity index (χ2n) is 7.43. The Balaban J connectivity index is 1.67. The lowest BCUT2D eigenvalue weighted by Gasteiger charge is -2.12. The van der Waals surface area contributed by atoms with Gasteiger partial charge in [-0.3, -0.25) is 9.78 Å². The zero-order chi connectivity index (χ0) is 21.5. The van der Waals surface area contributed by atoms with Crippen LogP contribution in [0.2, 0.25) is 0 Å². The van der Waals surface area contributed by atoms with E-state index in [9.17, 15) is 4.79 Å². The SMILES string of the molecule is CCCOc1ccc(Oc2cccc(NC(=O)c3ccc(C(C)C)nc3C)c2)cc1. The number of hydrogen-bond acceptors (Lipinski definition) is 4. The molecule has 1 aromatic heterocycles. The molecule has 30 heavy (non-hydrogen) atoms. The van der Waals surface area contributed by atoms with Gasteiger partial charge in [0.15, 0.2) is 0 Å². The van der Waals surface area contributed by atoms with Crippen LogP contribution in [-0.4, -0.2) is 17.5 Å². The third-order valence-corrected chi connectivity index (χ3v) is 4.57. The van der Waals surface area contributed by atoms with E-state index >= 15 is 0 Å². The normalized spacial score (nSPS) is 10.7. The molecule has 0 aliphatic heterocycles. The zero-order valence-corrected chi connectivity index (χ0v) is 17.9. The van der Waals surface area contributed by atoms with Crippen molar-refractivity contribution < 1.29 is 14.3 Å². The van der Waals surface area contributed by atoms with Crippen LogP contribution >= 0.6 is 0 Å². The Morgan fingerprint density at radius 1 is 1.00 bits per heavy atom. The minimum absolute atomic E-state index is 0.190. The summed E-state index contributed by atoms with van der Waals surface area (Å²) in [5.74, 6) is 2.29. The fourth-order valence-corrected chi connectivity index (χ4v) is 2.94. The lowest BCUT2D eigenvalue weighted by atomic mass is 10.1. The van der Waals surface area contributed by atoms with Gasteiger partial charge in [0.25, 0.3) is 5.91 Å². The van der Waals surface area contributed by atoms with Gasteiger partial charge in [-0.1, -0.05) is 26.8 Å². The summed E-state index contributed by atoms with van der Waals surface area (Å²) in [6.45, 7) is 8.78. The number of aromatic nitrogens is 1. The van der Waals surface area contributed by atoms with Crippen molar-refractivity contribution >= 4 is 11.6 Å². The van der Waals surface area contributed by atoms with Gasteiger partial charge in [0.2, 0.25) is 0 Å². The number of benzene rings is 2. The summed E-state index contributed by atoms with van der Waals surface area (Å²) in [5.41, 5.74) is 2.92. The Kier molecular flexibility index (Phi) is 7.07. The number of pyridine rings is 1. The Morgan fingerprint density at radius 2 is 1.73 bits per heavy atom. The lowest BCUT2D eigenvalue weighted by molar-refractivity contribution is 0.102. The number of carbonyl (C=O) groups excluding carboxylic acids is 1. The van der Waals surface area contributed by atoms with Crippen molar-refractivity contribution in [3.8, 4) is 17.2 Å². The number of nitrogens with one attached hydrogen (secondary N) is 1. The van der Waals surface area contributed by atoms with Crippen molar-refractivity contribution in [2.24, 2.45) is 0 Å². The van der Waals surface area contributed by atoms with Gasteiger partial charge in [0.05, 0.1) is 17.9 Å². The minimum atomic E-state index is -0.190. The van der Waals surface area contributed by atoms with Crippen LogP contribution in [0.5, 0.6) is 17.2 Å². The molecule has 3 aromatic rings. The first kappa shape index (κ1) is 21.4. The number of nitrogens with zero attached hydrogens (tertiary/aromatic N) is 1. The van der Waals surface area contributed by atoms with Crippen molar-refractivity contribution in [1.82, 2.24) is 4.98 Å². The monoisotopic (exact) mass is 404 g/mol. The summed E-state index contributed by atoms with van der Waals surface area (Å²) < 4.78 is 11.5. The summed E-state index contributed by atoms with van der Waals surface area (Å²) in [6.07, 6.45) is 0.966. The van der Waals surface area contributed by atoms with Crippen LogP contribution < -0.4 is 14.8 Å². The molecule has 0 aliphatic carbocycles. The van der Waals surface area contributed by atoms with E-state index in [0.29, 0.717) is 35.3 Å². The van der Waals surface area contributed by atoms with Crippen LogP contribution in [0.1, 0.15) is 54.9 Å². The molecule has 1 N–H and O–H groups in total. The highest BCUT2D eigenvalue weighted by Gasteiger charge is 2.12. The average molecular weight is 405 g/mol. The highest BCUT2D eigenvalue weighted by atomic mass is 16.5. The van der Waals surface area contributed by atoms with Gasteiger partial charge in [-0.25, -0.2) is 0 Å². The first-order valence-electron chi connectivity index (χ1n) is 10.3. The Labute approximate surface area is 178 Å². The number of carbonyl (C=O) groups is 1. The number of amides is 1. The van der Waals surface area contributed by atoms with Crippen molar-refractivity contribution in [2.45, 2.75) is 40.0 Å². The second-order valence-corrected chi connectivity index (χ2v) is 7.43. The van der Waals surface area contributed by atoms with Crippen LogP contribution in [0.4, 0.5) is 5.69 Å². The highest BCUT2D eigenvalue weighted by molar-refractivity contribution is 6.05. The topological polar surface area (TPSA) is 60.5 Å². The molecule has 1 amide bonds. The predicted molar refractivity (Wildman–Crippen MR) is 120 cm³/mol. The van der Waals surface area contributed by atoms with Crippen molar-refractivity contribution in [3.05, 3.63) is 77.6 Å². The number of rotatable bonds is 8. The Morgan fingerprint density at radius 3 is 2.40 bits per heavy atom. The molecule has 1 heterocycles. The van der Waals surface area contributed by atoms with E-state index in [4.69, 9.17) is 9.47 Å². The predicted octanol–water partition coefficient (Wildman–Crippen LogP) is 6.35. The van der Waals surface area contributed by atoms with E-state index in [1.165, 1.54) is 0 Å². The summed E-state index contributed by atoms with van der Waals surface area (Å²) in [7, 11) is 0. The van der Waals surface area contributed by atoms with E-state index in [2.05, 4.69) is 31.1 Å². The molecule has 5 heteroatoms. The van der Waals surface area contributed by atoms with E-state index in [-0.39, 0.29) is 5.91 Å². The molecule has 0 atom stereocenters. The molecule has 0 saturated heterocycles. The molecule has 0 spiro atoms. The number of aryl methyl sites for hydroxylation is 1. The summed E-state index contributed by atoms with van der Waals surface area (Å²) in [5, 5.41) is 2.93. The molecule has 5 nitrogen and oxygen atoms in total. The van der Waals surface area contributed by atoms with Crippen molar-refractivity contribution in [3.63, 3.8) is 0 Å².